The summed E-state index contributed by atoms with van der Waals surface area (Å²) in [6.07, 6.45) is 2.95. The van der Waals surface area contributed by atoms with E-state index in [9.17, 15) is 9.59 Å². The van der Waals surface area contributed by atoms with Crippen molar-refractivity contribution in [1.82, 2.24) is 25.1 Å². The van der Waals surface area contributed by atoms with Crippen molar-refractivity contribution in [2.24, 2.45) is 0 Å². The van der Waals surface area contributed by atoms with Crippen LogP contribution < -0.4 is 0 Å². The van der Waals surface area contributed by atoms with Crippen molar-refractivity contribution in [3.05, 3.63) is 36.2 Å². The van der Waals surface area contributed by atoms with E-state index in [0.717, 1.165) is 17.7 Å². The molecular weight excluding hydrogens is 286 g/mol. The summed E-state index contributed by atoms with van der Waals surface area (Å²) in [5.74, 6) is -1.08. The lowest BCUT2D eigenvalue weighted by molar-refractivity contribution is -0.148. The van der Waals surface area contributed by atoms with Gasteiger partial charge in [-0.2, -0.15) is 0 Å². The van der Waals surface area contributed by atoms with E-state index in [1.165, 1.54) is 15.9 Å². The van der Waals surface area contributed by atoms with E-state index in [4.69, 9.17) is 5.11 Å². The Morgan fingerprint density at radius 3 is 2.68 bits per heavy atom. The zero-order valence-corrected chi connectivity index (χ0v) is 11.8. The number of rotatable bonds is 4. The number of carbonyl (C=O) groups excluding carboxylic acids is 1. The normalized spacial score (nSPS) is 17.6. The van der Waals surface area contributed by atoms with Crippen LogP contribution in [-0.4, -0.2) is 54.7 Å². The number of tetrazole rings is 1. The highest BCUT2D eigenvalue weighted by Gasteiger charge is 2.33. The predicted molar refractivity (Wildman–Crippen MR) is 75.2 cm³/mol. The molecule has 1 saturated heterocycles. The summed E-state index contributed by atoms with van der Waals surface area (Å²) in [4.78, 5) is 24.9. The van der Waals surface area contributed by atoms with Gasteiger partial charge in [-0.3, -0.25) is 4.79 Å². The molecule has 1 atom stereocenters. The van der Waals surface area contributed by atoms with Crippen molar-refractivity contribution in [2.75, 3.05) is 6.54 Å². The first-order chi connectivity index (χ1) is 10.6. The third-order valence-corrected chi connectivity index (χ3v) is 3.76. The monoisotopic (exact) mass is 301 g/mol. The molecule has 1 aromatic carbocycles. The van der Waals surface area contributed by atoms with E-state index in [1.807, 2.05) is 24.3 Å². The van der Waals surface area contributed by atoms with Crippen molar-refractivity contribution < 1.29 is 14.7 Å². The number of benzene rings is 1. The van der Waals surface area contributed by atoms with Crippen LogP contribution in [0.2, 0.25) is 0 Å². The first-order valence-electron chi connectivity index (χ1n) is 7.00. The van der Waals surface area contributed by atoms with Gasteiger partial charge < -0.3 is 10.0 Å². The molecule has 1 fully saturated rings. The molecule has 22 heavy (non-hydrogen) atoms. The second-order valence-corrected chi connectivity index (χ2v) is 5.18. The highest BCUT2D eigenvalue weighted by atomic mass is 16.4. The van der Waals surface area contributed by atoms with Gasteiger partial charge in [0.15, 0.2) is 0 Å². The summed E-state index contributed by atoms with van der Waals surface area (Å²) < 4.78 is 1.52. The van der Waals surface area contributed by atoms with Crippen molar-refractivity contribution in [3.63, 3.8) is 0 Å². The number of nitrogens with zero attached hydrogens (tertiary/aromatic N) is 5. The topological polar surface area (TPSA) is 101 Å². The fourth-order valence-corrected chi connectivity index (χ4v) is 2.64. The third kappa shape index (κ3) is 2.80. The molecule has 0 saturated carbocycles. The van der Waals surface area contributed by atoms with Crippen LogP contribution in [0.3, 0.4) is 0 Å². The summed E-state index contributed by atoms with van der Waals surface area (Å²) >= 11 is 0. The largest absolute Gasteiger partial charge is 0.480 e. The van der Waals surface area contributed by atoms with Crippen LogP contribution in [0.15, 0.2) is 30.6 Å². The van der Waals surface area contributed by atoms with Crippen molar-refractivity contribution in [2.45, 2.75) is 25.3 Å². The van der Waals surface area contributed by atoms with Crippen LogP contribution in [0, 0.1) is 0 Å². The maximum Gasteiger partial charge on any atom is 0.326 e. The number of carboxylic acids is 1. The number of carboxylic acid groups (broad SMARTS) is 1. The summed E-state index contributed by atoms with van der Waals surface area (Å²) in [5, 5.41) is 20.0. The quantitative estimate of drug-likeness (QED) is 0.870. The highest BCUT2D eigenvalue weighted by molar-refractivity contribution is 5.85. The molecule has 1 aliphatic rings. The molecule has 1 amide bonds. The van der Waals surface area contributed by atoms with Gasteiger partial charge in [-0.15, -0.1) is 5.10 Å². The Labute approximate surface area is 126 Å². The Bertz CT molecular complexity index is 668. The fraction of sp³-hybridized carbons (Fsp3) is 0.357. The molecule has 0 bridgehead atoms. The molecule has 1 aliphatic heterocycles. The summed E-state index contributed by atoms with van der Waals surface area (Å²) in [6, 6.07) is 6.59. The van der Waals surface area contributed by atoms with E-state index in [-0.39, 0.29) is 12.3 Å². The van der Waals surface area contributed by atoms with E-state index in [2.05, 4.69) is 15.5 Å². The molecule has 1 aromatic heterocycles. The first-order valence-corrected chi connectivity index (χ1v) is 7.00. The lowest BCUT2D eigenvalue weighted by Crippen LogP contribution is -2.41. The Morgan fingerprint density at radius 1 is 1.27 bits per heavy atom. The molecule has 8 nitrogen and oxygen atoms in total. The Balaban J connectivity index is 1.68. The molecule has 114 valence electrons. The molecular formula is C14H15N5O3. The number of carbonyl (C=O) groups is 2. The van der Waals surface area contributed by atoms with Crippen LogP contribution >= 0.6 is 0 Å². The SMILES string of the molecule is O=C(O)C1CCCN1C(=O)Cc1ccc(-n2cnnn2)cc1. The fourth-order valence-electron chi connectivity index (χ4n) is 2.64. The minimum atomic E-state index is -0.931. The number of hydrogen-bond acceptors (Lipinski definition) is 5. The number of hydrogen-bond donors (Lipinski definition) is 1. The average Bonchev–Trinajstić information content (AvgIpc) is 3.19. The highest BCUT2D eigenvalue weighted by Crippen LogP contribution is 2.19. The molecule has 8 heteroatoms. The van der Waals surface area contributed by atoms with Crippen molar-refractivity contribution in [1.29, 1.82) is 0 Å². The predicted octanol–water partition coefficient (Wildman–Crippen LogP) is 0.280. The maximum atomic E-state index is 12.3. The second kappa shape index (κ2) is 5.92. The van der Waals surface area contributed by atoms with Crippen LogP contribution in [0.5, 0.6) is 0 Å². The minimum Gasteiger partial charge on any atom is -0.480 e. The van der Waals surface area contributed by atoms with Gasteiger partial charge in [0.05, 0.1) is 12.1 Å². The number of likely N-dealkylation sites (tertiary alicyclic amines) is 1. The Kier molecular flexibility index (Phi) is 3.82. The summed E-state index contributed by atoms with van der Waals surface area (Å²) in [5.41, 5.74) is 1.63. The van der Waals surface area contributed by atoms with Gasteiger partial charge in [0.25, 0.3) is 0 Å². The van der Waals surface area contributed by atoms with Crippen LogP contribution in [0.4, 0.5) is 0 Å². The number of aliphatic carboxylic acids is 1. The molecule has 0 aliphatic carbocycles. The zero-order chi connectivity index (χ0) is 15.5. The van der Waals surface area contributed by atoms with E-state index in [1.54, 1.807) is 0 Å². The van der Waals surface area contributed by atoms with Gasteiger partial charge in [0.2, 0.25) is 5.91 Å². The van der Waals surface area contributed by atoms with Crippen molar-refractivity contribution in [3.8, 4) is 5.69 Å². The van der Waals surface area contributed by atoms with E-state index < -0.39 is 12.0 Å². The van der Waals surface area contributed by atoms with E-state index >= 15 is 0 Å². The number of amides is 1. The van der Waals surface area contributed by atoms with Crippen LogP contribution in [-0.2, 0) is 16.0 Å². The molecule has 2 heterocycles. The van der Waals surface area contributed by atoms with Crippen LogP contribution in [0.25, 0.3) is 5.69 Å². The lowest BCUT2D eigenvalue weighted by atomic mass is 10.1. The summed E-state index contributed by atoms with van der Waals surface area (Å²) in [6.45, 7) is 0.512. The van der Waals surface area contributed by atoms with Gasteiger partial charge in [-0.1, -0.05) is 12.1 Å². The number of aromatic nitrogens is 4. The zero-order valence-electron chi connectivity index (χ0n) is 11.8. The van der Waals surface area contributed by atoms with Gasteiger partial charge in [-0.25, -0.2) is 9.48 Å². The van der Waals surface area contributed by atoms with Gasteiger partial charge >= 0.3 is 5.97 Å². The van der Waals surface area contributed by atoms with Crippen molar-refractivity contribution >= 4 is 11.9 Å². The molecule has 3 rings (SSSR count). The van der Waals surface area contributed by atoms with Gasteiger partial charge in [0.1, 0.15) is 12.4 Å². The molecule has 0 spiro atoms. The second-order valence-electron chi connectivity index (χ2n) is 5.18. The van der Waals surface area contributed by atoms with Gasteiger partial charge in [-0.05, 0) is 41.0 Å². The smallest absolute Gasteiger partial charge is 0.326 e. The first kappa shape index (κ1) is 14.2. The molecule has 0 radical (unpaired) electrons. The molecule has 2 aromatic rings. The Morgan fingerprint density at radius 2 is 2.05 bits per heavy atom. The Hall–Kier alpha value is -2.77. The van der Waals surface area contributed by atoms with Gasteiger partial charge in [0, 0.05) is 6.54 Å². The third-order valence-electron chi connectivity index (χ3n) is 3.76. The maximum absolute atomic E-state index is 12.3. The minimum absolute atomic E-state index is 0.153. The molecule has 1 unspecified atom stereocenters. The van der Waals surface area contributed by atoms with Crippen LogP contribution in [0.1, 0.15) is 18.4 Å². The average molecular weight is 301 g/mol. The summed E-state index contributed by atoms with van der Waals surface area (Å²) in [7, 11) is 0. The lowest BCUT2D eigenvalue weighted by Gasteiger charge is -2.21. The standard InChI is InChI=1S/C14H15N5O3/c20-13(18-7-1-2-12(18)14(21)22)8-10-3-5-11(6-4-10)19-9-15-16-17-19/h3-6,9,12H,1-2,7-8H2,(H,21,22). The molecule has 1 N–H and O–H groups in total. The van der Waals surface area contributed by atoms with E-state index in [0.29, 0.717) is 13.0 Å².